The van der Waals surface area contributed by atoms with Crippen molar-refractivity contribution in [3.05, 3.63) is 53.3 Å². The van der Waals surface area contributed by atoms with Gasteiger partial charge in [-0.15, -0.1) is 0 Å². The number of aromatic nitrogens is 2. The van der Waals surface area contributed by atoms with Gasteiger partial charge in [-0.1, -0.05) is 12.2 Å². The Morgan fingerprint density at radius 2 is 2.15 bits per heavy atom. The first-order chi connectivity index (χ1) is 16.5. The number of nitrogens with one attached hydrogen (secondary N) is 2. The van der Waals surface area contributed by atoms with Crippen LogP contribution in [0.4, 0.5) is 5.82 Å². The van der Waals surface area contributed by atoms with E-state index in [1.807, 2.05) is 19.3 Å². The molecule has 2 atom stereocenters. The minimum absolute atomic E-state index is 0.0528. The number of nitrogens with zero attached hydrogens (tertiary/aromatic N) is 6. The highest BCUT2D eigenvalue weighted by Crippen LogP contribution is 2.47. The number of hydrogen-bond acceptors (Lipinski definition) is 9. The van der Waals surface area contributed by atoms with Gasteiger partial charge >= 0.3 is 0 Å². The van der Waals surface area contributed by atoms with Crippen molar-refractivity contribution in [1.29, 1.82) is 5.41 Å². The van der Waals surface area contributed by atoms with Gasteiger partial charge in [-0.2, -0.15) is 0 Å². The van der Waals surface area contributed by atoms with Crippen LogP contribution in [0.5, 0.6) is 0 Å². The van der Waals surface area contributed by atoms with Crippen LogP contribution in [0.15, 0.2) is 51.2 Å². The fourth-order valence-electron chi connectivity index (χ4n) is 4.61. The first-order valence-electron chi connectivity index (χ1n) is 11.9. The number of rotatable bonds is 6. The van der Waals surface area contributed by atoms with E-state index >= 15 is 0 Å². The highest BCUT2D eigenvalue weighted by molar-refractivity contribution is 6.52. The van der Waals surface area contributed by atoms with Crippen molar-refractivity contribution in [1.82, 2.24) is 15.3 Å². The minimum atomic E-state index is -0.0528. The van der Waals surface area contributed by atoms with E-state index in [1.165, 1.54) is 18.4 Å². The lowest BCUT2D eigenvalue weighted by Gasteiger charge is -2.29. The molecule has 4 N–H and O–H groups in total. The second kappa shape index (κ2) is 9.42. The largest absolute Gasteiger partial charge is 0.397 e. The summed E-state index contributed by atoms with van der Waals surface area (Å²) in [6, 6.07) is 0. The van der Waals surface area contributed by atoms with Crippen molar-refractivity contribution in [2.75, 3.05) is 38.6 Å². The monoisotopic (exact) mass is 457 g/mol. The number of fused-ring (bicyclic) bond motifs is 1. The molecule has 1 aromatic heterocycles. The summed E-state index contributed by atoms with van der Waals surface area (Å²) in [5.74, 6) is 3.44. The molecule has 0 aromatic carbocycles. The van der Waals surface area contributed by atoms with Gasteiger partial charge in [-0.3, -0.25) is 10.4 Å². The lowest BCUT2D eigenvalue weighted by atomic mass is 9.90. The lowest BCUT2D eigenvalue weighted by molar-refractivity contribution is 0.597. The van der Waals surface area contributed by atoms with Gasteiger partial charge in [-0.05, 0) is 38.0 Å². The Balaban J connectivity index is 1.46. The van der Waals surface area contributed by atoms with Crippen molar-refractivity contribution >= 4 is 29.3 Å². The summed E-state index contributed by atoms with van der Waals surface area (Å²) in [7, 11) is 4.07. The molecule has 176 valence electrons. The summed E-state index contributed by atoms with van der Waals surface area (Å²) in [5, 5.41) is 11.4. The first-order valence-corrected chi connectivity index (χ1v) is 11.9. The molecule has 4 aliphatic rings. The van der Waals surface area contributed by atoms with Crippen LogP contribution < -0.4 is 16.0 Å². The van der Waals surface area contributed by atoms with Crippen LogP contribution in [-0.4, -0.2) is 67.2 Å². The molecule has 0 amide bonds. The molecule has 0 spiro atoms. The normalized spacial score (nSPS) is 24.8. The Labute approximate surface area is 199 Å². The maximum absolute atomic E-state index is 8.18. The van der Waals surface area contributed by atoms with Crippen molar-refractivity contribution in [2.24, 2.45) is 26.6 Å². The number of aliphatic imine (C=N–C) groups is 3. The molecule has 3 heterocycles. The fourth-order valence-corrected chi connectivity index (χ4v) is 4.61. The van der Waals surface area contributed by atoms with Crippen LogP contribution in [0.2, 0.25) is 0 Å². The molecule has 1 saturated carbocycles. The molecule has 2 unspecified atom stereocenters. The number of nitrogens with two attached hydrogens (primary N) is 1. The van der Waals surface area contributed by atoms with Gasteiger partial charge in [0.1, 0.15) is 23.2 Å². The van der Waals surface area contributed by atoms with E-state index in [-0.39, 0.29) is 11.6 Å². The number of amidine groups is 1. The molecule has 0 bridgehead atoms. The summed E-state index contributed by atoms with van der Waals surface area (Å²) in [6.07, 6.45) is 14.1. The van der Waals surface area contributed by atoms with Crippen molar-refractivity contribution in [3.63, 3.8) is 0 Å². The van der Waals surface area contributed by atoms with Crippen LogP contribution in [0.25, 0.3) is 0 Å². The van der Waals surface area contributed by atoms with Crippen LogP contribution >= 0.6 is 0 Å². The van der Waals surface area contributed by atoms with E-state index in [0.29, 0.717) is 35.5 Å². The summed E-state index contributed by atoms with van der Waals surface area (Å²) < 4.78 is 0. The van der Waals surface area contributed by atoms with Gasteiger partial charge in [0.05, 0.1) is 17.1 Å². The van der Waals surface area contributed by atoms with Crippen molar-refractivity contribution < 1.29 is 0 Å². The van der Waals surface area contributed by atoms with Crippen molar-refractivity contribution in [2.45, 2.75) is 31.1 Å². The smallest absolute Gasteiger partial charge is 0.138 e. The Kier molecular flexibility index (Phi) is 6.19. The van der Waals surface area contributed by atoms with E-state index < -0.39 is 0 Å². The van der Waals surface area contributed by atoms with Crippen LogP contribution in [0.1, 0.15) is 48.2 Å². The average Bonchev–Trinajstić information content (AvgIpc) is 3.70. The predicted molar refractivity (Wildman–Crippen MR) is 138 cm³/mol. The van der Waals surface area contributed by atoms with Gasteiger partial charge in [0, 0.05) is 62.9 Å². The summed E-state index contributed by atoms with van der Waals surface area (Å²) in [6.45, 7) is 2.56. The average molecular weight is 458 g/mol. The number of hydrogen-bond donors (Lipinski definition) is 3. The van der Waals surface area contributed by atoms with E-state index in [0.717, 1.165) is 37.0 Å². The van der Waals surface area contributed by atoms with E-state index in [4.69, 9.17) is 21.1 Å². The quantitative estimate of drug-likeness (QED) is 0.565. The third-order valence-electron chi connectivity index (χ3n) is 6.71. The zero-order valence-electron chi connectivity index (χ0n) is 19.7. The van der Waals surface area contributed by atoms with Gasteiger partial charge < -0.3 is 16.0 Å². The second-order valence-corrected chi connectivity index (χ2v) is 9.22. The summed E-state index contributed by atoms with van der Waals surface area (Å²) in [5.41, 5.74) is 9.22. The maximum atomic E-state index is 8.18. The first kappa shape index (κ1) is 22.3. The van der Waals surface area contributed by atoms with E-state index in [1.54, 1.807) is 24.4 Å². The SMILES string of the molecule is CNCCN(C)c1nc(C2C=CN=C(N=C3C=CC=C(N)C3=N)C2)nc2c1C(C1CC1)CN=C2. The van der Waals surface area contributed by atoms with E-state index in [2.05, 4.69) is 32.2 Å². The number of allylic oxidation sites excluding steroid dienone is 5. The van der Waals surface area contributed by atoms with E-state index in [9.17, 15) is 0 Å². The number of likely N-dealkylation sites (N-methyl/N-ethyl adjacent to an activating group) is 2. The van der Waals surface area contributed by atoms with Crippen molar-refractivity contribution in [3.8, 4) is 0 Å². The zero-order valence-corrected chi connectivity index (χ0v) is 19.7. The van der Waals surface area contributed by atoms with Gasteiger partial charge in [-0.25, -0.2) is 20.0 Å². The molecule has 9 nitrogen and oxygen atoms in total. The molecule has 0 radical (unpaired) electrons. The molecule has 0 saturated heterocycles. The van der Waals surface area contributed by atoms with Gasteiger partial charge in [0.25, 0.3) is 0 Å². The molecule has 2 aliphatic heterocycles. The van der Waals surface area contributed by atoms with Gasteiger partial charge in [0.15, 0.2) is 0 Å². The van der Waals surface area contributed by atoms with Gasteiger partial charge in [0.2, 0.25) is 0 Å². The Bertz CT molecular complexity index is 1170. The molecule has 34 heavy (non-hydrogen) atoms. The molecule has 1 fully saturated rings. The summed E-state index contributed by atoms with van der Waals surface area (Å²) >= 11 is 0. The molecular weight excluding hydrogens is 426 g/mol. The van der Waals surface area contributed by atoms with Crippen LogP contribution in [-0.2, 0) is 0 Å². The topological polar surface area (TPSA) is 128 Å². The Morgan fingerprint density at radius 1 is 1.29 bits per heavy atom. The lowest BCUT2D eigenvalue weighted by Crippen LogP contribution is -2.31. The molecule has 2 aliphatic carbocycles. The standard InChI is InChI=1S/C25H31N9/c1-28-10-11-34(2)25-22-17(15-6-7-15)13-29-14-20(22)32-24(33-25)16-8-9-30-21(12-16)31-19-5-3-4-18(26)23(19)27/h3-5,8-9,14-17,27-28H,6-7,10-13,26H2,1-2H3. The highest BCUT2D eigenvalue weighted by Gasteiger charge is 2.38. The Hall–Kier alpha value is -3.46. The third kappa shape index (κ3) is 4.48. The fraction of sp³-hybridized carbons (Fsp3) is 0.440. The maximum Gasteiger partial charge on any atom is 0.138 e. The van der Waals surface area contributed by atoms with Crippen LogP contribution in [0, 0.1) is 11.3 Å². The minimum Gasteiger partial charge on any atom is -0.397 e. The molecular formula is C25H31N9. The molecule has 5 rings (SSSR count). The highest BCUT2D eigenvalue weighted by atomic mass is 15.2. The summed E-state index contributed by atoms with van der Waals surface area (Å²) in [4.78, 5) is 26.1. The molecule has 1 aromatic rings. The zero-order chi connectivity index (χ0) is 23.7. The Morgan fingerprint density at radius 3 is 2.94 bits per heavy atom. The molecule has 9 heteroatoms. The van der Waals surface area contributed by atoms with Crippen LogP contribution in [0.3, 0.4) is 0 Å². The predicted octanol–water partition coefficient (Wildman–Crippen LogP) is 2.33. The number of anilines is 1. The third-order valence-corrected chi connectivity index (χ3v) is 6.71. The second-order valence-electron chi connectivity index (χ2n) is 9.22.